The minimum atomic E-state index is -2.70. The van der Waals surface area contributed by atoms with Crippen molar-refractivity contribution in [2.75, 3.05) is 20.1 Å². The Hall–Kier alpha value is -2.91. The monoisotopic (exact) mass is 392 g/mol. The Morgan fingerprint density at radius 1 is 1.21 bits per heavy atom. The van der Waals surface area contributed by atoms with Gasteiger partial charge in [0.25, 0.3) is 6.43 Å². The van der Waals surface area contributed by atoms with Gasteiger partial charge in [-0.2, -0.15) is 5.26 Å². The molecule has 6 heteroatoms. The summed E-state index contributed by atoms with van der Waals surface area (Å²) in [5.74, 6) is 0.392. The van der Waals surface area contributed by atoms with Gasteiger partial charge >= 0.3 is 0 Å². The normalized spacial score (nSPS) is 17.6. The van der Waals surface area contributed by atoms with E-state index < -0.39 is 6.43 Å². The van der Waals surface area contributed by atoms with Crippen LogP contribution < -0.4 is 0 Å². The van der Waals surface area contributed by atoms with E-state index >= 15 is 0 Å². The van der Waals surface area contributed by atoms with E-state index in [1.807, 2.05) is 25.1 Å². The molecule has 1 aliphatic rings. The Bertz CT molecular complexity index is 1100. The fourth-order valence-corrected chi connectivity index (χ4v) is 4.31. The summed E-state index contributed by atoms with van der Waals surface area (Å²) in [6, 6.07) is 12.3. The molecule has 3 aromatic rings. The maximum atomic E-state index is 13.7. The number of benzene rings is 2. The van der Waals surface area contributed by atoms with Gasteiger partial charge in [0.05, 0.1) is 22.8 Å². The SMILES string of the molecule is Cc1c(-c2ccc(C#N)cc2C(F)F)nnc2c([C@H]3CCCN(C)C3)cccc12. The molecule has 4 nitrogen and oxygen atoms in total. The highest BCUT2D eigenvalue weighted by atomic mass is 19.3. The van der Waals surface area contributed by atoms with Crippen molar-refractivity contribution in [3.63, 3.8) is 0 Å². The van der Waals surface area contributed by atoms with Gasteiger partial charge < -0.3 is 4.90 Å². The van der Waals surface area contributed by atoms with Gasteiger partial charge in [0.15, 0.2) is 0 Å². The van der Waals surface area contributed by atoms with Gasteiger partial charge in [-0.05, 0) is 62.5 Å². The fourth-order valence-electron chi connectivity index (χ4n) is 4.31. The minimum Gasteiger partial charge on any atom is -0.306 e. The second-order valence-electron chi connectivity index (χ2n) is 7.73. The topological polar surface area (TPSA) is 52.8 Å². The summed E-state index contributed by atoms with van der Waals surface area (Å²) in [6.07, 6.45) is -0.443. The lowest BCUT2D eigenvalue weighted by molar-refractivity contribution is 0.152. The summed E-state index contributed by atoms with van der Waals surface area (Å²) in [4.78, 5) is 2.33. The van der Waals surface area contributed by atoms with E-state index in [1.54, 1.807) is 12.1 Å². The Kier molecular flexibility index (Phi) is 5.25. The molecule has 1 saturated heterocycles. The minimum absolute atomic E-state index is 0.189. The number of nitrogens with zero attached hydrogens (tertiary/aromatic N) is 4. The van der Waals surface area contributed by atoms with Crippen molar-refractivity contribution in [3.8, 4) is 17.3 Å². The number of likely N-dealkylation sites (tertiary alicyclic amines) is 1. The first-order valence-corrected chi connectivity index (χ1v) is 9.76. The second kappa shape index (κ2) is 7.84. The molecular weight excluding hydrogens is 370 g/mol. The molecule has 1 aliphatic heterocycles. The van der Waals surface area contributed by atoms with Crippen LogP contribution >= 0.6 is 0 Å². The highest BCUT2D eigenvalue weighted by Crippen LogP contribution is 2.36. The van der Waals surface area contributed by atoms with Gasteiger partial charge in [-0.3, -0.25) is 0 Å². The van der Waals surface area contributed by atoms with Crippen molar-refractivity contribution >= 4 is 10.9 Å². The van der Waals surface area contributed by atoms with Gasteiger partial charge in [0.1, 0.15) is 0 Å². The third-order valence-corrected chi connectivity index (χ3v) is 5.81. The number of halogens is 2. The van der Waals surface area contributed by atoms with Crippen molar-refractivity contribution in [3.05, 3.63) is 58.7 Å². The molecule has 1 atom stereocenters. The Labute approximate surface area is 168 Å². The number of aromatic nitrogens is 2. The van der Waals surface area contributed by atoms with E-state index in [2.05, 4.69) is 28.2 Å². The predicted molar refractivity (Wildman–Crippen MR) is 109 cm³/mol. The van der Waals surface area contributed by atoms with Crippen molar-refractivity contribution in [2.24, 2.45) is 0 Å². The first-order valence-electron chi connectivity index (χ1n) is 9.76. The zero-order valence-corrected chi connectivity index (χ0v) is 16.5. The standard InChI is InChI=1S/C23H22F2N4/c1-14-17-6-3-7-18(16-5-4-10-29(2)13-16)22(17)28-27-21(14)19-9-8-15(12-26)11-20(19)23(24)25/h3,6-9,11,16,23H,4-5,10,13H2,1-2H3/t16-/m0/s1. The van der Waals surface area contributed by atoms with Crippen LogP contribution in [0.3, 0.4) is 0 Å². The lowest BCUT2D eigenvalue weighted by atomic mass is 9.88. The van der Waals surface area contributed by atoms with E-state index in [9.17, 15) is 8.78 Å². The molecule has 2 heterocycles. The van der Waals surface area contributed by atoms with Crippen LogP contribution in [0.5, 0.6) is 0 Å². The molecule has 148 valence electrons. The zero-order chi connectivity index (χ0) is 20.5. The summed E-state index contributed by atoms with van der Waals surface area (Å²) in [7, 11) is 2.13. The summed E-state index contributed by atoms with van der Waals surface area (Å²) in [5.41, 5.74) is 3.63. The van der Waals surface area contributed by atoms with E-state index in [0.29, 0.717) is 17.2 Å². The second-order valence-corrected chi connectivity index (χ2v) is 7.73. The molecule has 0 spiro atoms. The molecule has 0 unspecified atom stereocenters. The number of aryl methyl sites for hydroxylation is 1. The summed E-state index contributed by atoms with van der Waals surface area (Å²) < 4.78 is 27.3. The molecular formula is C23H22F2N4. The lowest BCUT2D eigenvalue weighted by Crippen LogP contribution is -2.31. The van der Waals surface area contributed by atoms with Crippen LogP contribution in [0.4, 0.5) is 8.78 Å². The molecule has 0 amide bonds. The largest absolute Gasteiger partial charge is 0.306 e. The van der Waals surface area contributed by atoms with E-state index in [1.165, 1.54) is 11.6 Å². The Balaban J connectivity index is 1.85. The van der Waals surface area contributed by atoms with E-state index in [4.69, 9.17) is 5.26 Å². The molecule has 0 bridgehead atoms. The highest BCUT2D eigenvalue weighted by molar-refractivity contribution is 5.89. The lowest BCUT2D eigenvalue weighted by Gasteiger charge is -2.30. The van der Waals surface area contributed by atoms with Crippen LogP contribution in [0.2, 0.25) is 0 Å². The van der Waals surface area contributed by atoms with Gasteiger partial charge in [-0.25, -0.2) is 8.78 Å². The highest BCUT2D eigenvalue weighted by Gasteiger charge is 2.23. The molecule has 0 radical (unpaired) electrons. The maximum Gasteiger partial charge on any atom is 0.264 e. The van der Waals surface area contributed by atoms with Gasteiger partial charge in [-0.1, -0.05) is 24.3 Å². The predicted octanol–water partition coefficient (Wildman–Crippen LogP) is 5.22. The number of alkyl halides is 2. The average Bonchev–Trinajstić information content (AvgIpc) is 2.73. The van der Waals surface area contributed by atoms with Crippen LogP contribution in [-0.4, -0.2) is 35.2 Å². The number of piperidine rings is 1. The summed E-state index contributed by atoms with van der Waals surface area (Å²) >= 11 is 0. The van der Waals surface area contributed by atoms with E-state index in [-0.39, 0.29) is 11.1 Å². The van der Waals surface area contributed by atoms with Crippen LogP contribution in [0, 0.1) is 18.3 Å². The van der Waals surface area contributed by atoms with Gasteiger partial charge in [0, 0.05) is 23.1 Å². The first kappa shape index (κ1) is 19.4. The summed E-state index contributed by atoms with van der Waals surface area (Å²) in [6.45, 7) is 3.98. The third-order valence-electron chi connectivity index (χ3n) is 5.81. The van der Waals surface area contributed by atoms with Crippen LogP contribution in [-0.2, 0) is 0 Å². The molecule has 1 fully saturated rings. The molecule has 0 N–H and O–H groups in total. The molecule has 2 aromatic carbocycles. The zero-order valence-electron chi connectivity index (χ0n) is 16.5. The summed E-state index contributed by atoms with van der Waals surface area (Å²) in [5, 5.41) is 18.8. The number of likely N-dealkylation sites (N-methyl/N-ethyl adjacent to an activating group) is 1. The van der Waals surface area contributed by atoms with Crippen molar-refractivity contribution in [1.82, 2.24) is 15.1 Å². The molecule has 4 rings (SSSR count). The Morgan fingerprint density at radius 2 is 2.03 bits per heavy atom. The van der Waals surface area contributed by atoms with Gasteiger partial charge in [0.2, 0.25) is 0 Å². The average molecular weight is 392 g/mol. The molecule has 0 saturated carbocycles. The smallest absolute Gasteiger partial charge is 0.264 e. The van der Waals surface area contributed by atoms with E-state index in [0.717, 1.165) is 42.4 Å². The van der Waals surface area contributed by atoms with Crippen LogP contribution in [0.15, 0.2) is 36.4 Å². The van der Waals surface area contributed by atoms with Gasteiger partial charge in [-0.15, -0.1) is 10.2 Å². The third kappa shape index (κ3) is 3.58. The fraction of sp³-hybridized carbons (Fsp3) is 0.348. The molecule has 1 aromatic heterocycles. The first-order chi connectivity index (χ1) is 14.0. The quantitative estimate of drug-likeness (QED) is 0.613. The Morgan fingerprint density at radius 3 is 2.76 bits per heavy atom. The van der Waals surface area contributed by atoms with Crippen LogP contribution in [0.1, 0.15) is 47.4 Å². The molecule has 0 aliphatic carbocycles. The maximum absolute atomic E-state index is 13.7. The number of hydrogen-bond donors (Lipinski definition) is 0. The van der Waals surface area contributed by atoms with Crippen molar-refractivity contribution in [1.29, 1.82) is 5.26 Å². The number of nitriles is 1. The van der Waals surface area contributed by atoms with Crippen LogP contribution in [0.25, 0.3) is 22.2 Å². The number of rotatable bonds is 3. The molecule has 29 heavy (non-hydrogen) atoms. The number of hydrogen-bond acceptors (Lipinski definition) is 4. The number of fused-ring (bicyclic) bond motifs is 1. The van der Waals surface area contributed by atoms with Crippen molar-refractivity contribution < 1.29 is 8.78 Å². The van der Waals surface area contributed by atoms with Crippen molar-refractivity contribution in [2.45, 2.75) is 32.1 Å².